The summed E-state index contributed by atoms with van der Waals surface area (Å²) in [5.74, 6) is -0.998. The average molecular weight is 369 g/mol. The zero-order valence-corrected chi connectivity index (χ0v) is 15.0. The molecule has 5 nitrogen and oxygen atoms in total. The number of likely N-dealkylation sites (tertiary alicyclic amines) is 2. The molecule has 2 aliphatic heterocycles. The topological polar surface area (TPSA) is 49.9 Å². The minimum Gasteiger partial charge on any atom is -0.383 e. The van der Waals surface area contributed by atoms with Crippen LogP contribution in [-0.4, -0.2) is 61.5 Å². The second kappa shape index (κ2) is 7.30. The number of carbonyl (C=O) groups is 2. The van der Waals surface area contributed by atoms with E-state index in [9.17, 15) is 14.0 Å². The summed E-state index contributed by atoms with van der Waals surface area (Å²) in [6.45, 7) is 2.53. The van der Waals surface area contributed by atoms with Crippen molar-refractivity contribution in [1.82, 2.24) is 9.80 Å². The van der Waals surface area contributed by atoms with Crippen LogP contribution in [0.15, 0.2) is 18.2 Å². The predicted octanol–water partition coefficient (Wildman–Crippen LogP) is 2.58. The fourth-order valence-electron chi connectivity index (χ4n) is 3.85. The quantitative estimate of drug-likeness (QED) is 0.820. The largest absolute Gasteiger partial charge is 0.383 e. The molecule has 1 aromatic carbocycles. The molecule has 0 unspecified atom stereocenters. The van der Waals surface area contributed by atoms with Crippen molar-refractivity contribution in [2.75, 3.05) is 39.9 Å². The second-order valence-electron chi connectivity index (χ2n) is 6.74. The van der Waals surface area contributed by atoms with Crippen LogP contribution < -0.4 is 0 Å². The van der Waals surface area contributed by atoms with Gasteiger partial charge in [-0.15, -0.1) is 0 Å². The number of carbonyl (C=O) groups excluding carboxylic acids is 2. The van der Waals surface area contributed by atoms with E-state index in [0.717, 1.165) is 19.4 Å². The van der Waals surface area contributed by atoms with Gasteiger partial charge in [-0.3, -0.25) is 9.59 Å². The molecule has 0 radical (unpaired) electrons. The van der Waals surface area contributed by atoms with E-state index < -0.39 is 17.1 Å². The number of rotatable bonds is 4. The van der Waals surface area contributed by atoms with Gasteiger partial charge in [-0.05, 0) is 31.4 Å². The Morgan fingerprint density at radius 3 is 2.88 bits per heavy atom. The minimum atomic E-state index is -0.629. The SMILES string of the molecule is COCCN1CCC[C@]2(CCN(C(=O)c3c(F)cccc3Cl)C2)C1=O. The Hall–Kier alpha value is -1.66. The Labute approximate surface area is 151 Å². The lowest BCUT2D eigenvalue weighted by Crippen LogP contribution is -2.51. The highest BCUT2D eigenvalue weighted by atomic mass is 35.5. The number of ether oxygens (including phenoxy) is 1. The van der Waals surface area contributed by atoms with E-state index in [1.54, 1.807) is 12.0 Å². The van der Waals surface area contributed by atoms with Crippen LogP contribution in [0.2, 0.25) is 5.02 Å². The lowest BCUT2D eigenvalue weighted by atomic mass is 9.78. The molecule has 2 aliphatic rings. The van der Waals surface area contributed by atoms with Crippen molar-refractivity contribution in [2.45, 2.75) is 19.3 Å². The normalized spacial score (nSPS) is 23.6. The molecule has 0 N–H and O–H groups in total. The molecular weight excluding hydrogens is 347 g/mol. The maximum atomic E-state index is 14.0. The Morgan fingerprint density at radius 1 is 1.36 bits per heavy atom. The van der Waals surface area contributed by atoms with E-state index >= 15 is 0 Å². The molecule has 1 spiro atoms. The van der Waals surface area contributed by atoms with Gasteiger partial charge < -0.3 is 14.5 Å². The number of halogens is 2. The Bertz CT molecular complexity index is 664. The summed E-state index contributed by atoms with van der Waals surface area (Å²) in [6, 6.07) is 4.20. The van der Waals surface area contributed by atoms with Gasteiger partial charge in [0.25, 0.3) is 5.91 Å². The molecule has 2 amide bonds. The van der Waals surface area contributed by atoms with E-state index in [4.69, 9.17) is 16.3 Å². The molecule has 3 rings (SSSR count). The molecule has 25 heavy (non-hydrogen) atoms. The van der Waals surface area contributed by atoms with Crippen molar-refractivity contribution >= 4 is 23.4 Å². The van der Waals surface area contributed by atoms with Crippen LogP contribution in [-0.2, 0) is 9.53 Å². The molecular formula is C18H22ClFN2O3. The highest BCUT2D eigenvalue weighted by molar-refractivity contribution is 6.33. The molecule has 1 atom stereocenters. The van der Waals surface area contributed by atoms with Gasteiger partial charge in [0.1, 0.15) is 5.82 Å². The van der Waals surface area contributed by atoms with Crippen LogP contribution in [0, 0.1) is 11.2 Å². The molecule has 2 fully saturated rings. The van der Waals surface area contributed by atoms with E-state index in [2.05, 4.69) is 0 Å². The molecule has 0 bridgehead atoms. The van der Waals surface area contributed by atoms with Crippen molar-refractivity contribution in [3.63, 3.8) is 0 Å². The van der Waals surface area contributed by atoms with Gasteiger partial charge in [-0.25, -0.2) is 4.39 Å². The predicted molar refractivity (Wildman–Crippen MR) is 92.1 cm³/mol. The average Bonchev–Trinajstić information content (AvgIpc) is 3.01. The molecule has 0 saturated carbocycles. The number of nitrogens with zero attached hydrogens (tertiary/aromatic N) is 2. The van der Waals surface area contributed by atoms with Crippen molar-refractivity contribution < 1.29 is 18.7 Å². The maximum absolute atomic E-state index is 14.0. The molecule has 7 heteroatoms. The molecule has 0 aliphatic carbocycles. The Balaban J connectivity index is 1.76. The van der Waals surface area contributed by atoms with Crippen molar-refractivity contribution in [1.29, 1.82) is 0 Å². The summed E-state index contributed by atoms with van der Waals surface area (Å²) >= 11 is 6.01. The number of methoxy groups -OCH3 is 1. The first-order valence-electron chi connectivity index (χ1n) is 8.50. The third kappa shape index (κ3) is 3.37. The molecule has 0 aromatic heterocycles. The van der Waals surface area contributed by atoms with Crippen molar-refractivity contribution in [3.8, 4) is 0 Å². The number of piperidine rings is 1. The highest BCUT2D eigenvalue weighted by Gasteiger charge is 2.49. The van der Waals surface area contributed by atoms with E-state index in [1.165, 1.54) is 18.2 Å². The van der Waals surface area contributed by atoms with Crippen LogP contribution in [0.1, 0.15) is 29.6 Å². The van der Waals surface area contributed by atoms with Crippen LogP contribution in [0.3, 0.4) is 0 Å². The Kier molecular flexibility index (Phi) is 5.29. The zero-order chi connectivity index (χ0) is 18.0. The minimum absolute atomic E-state index is 0.0748. The van der Waals surface area contributed by atoms with E-state index in [1.807, 2.05) is 4.90 Å². The van der Waals surface area contributed by atoms with E-state index in [-0.39, 0.29) is 16.5 Å². The number of hydrogen-bond donors (Lipinski definition) is 0. The Morgan fingerprint density at radius 2 is 2.16 bits per heavy atom. The van der Waals surface area contributed by atoms with Gasteiger partial charge in [-0.2, -0.15) is 0 Å². The smallest absolute Gasteiger partial charge is 0.258 e. The second-order valence-corrected chi connectivity index (χ2v) is 7.15. The first kappa shape index (κ1) is 18.1. The fraction of sp³-hybridized carbons (Fsp3) is 0.556. The molecule has 2 saturated heterocycles. The summed E-state index contributed by atoms with van der Waals surface area (Å²) in [7, 11) is 1.61. The molecule has 136 valence electrons. The summed E-state index contributed by atoms with van der Waals surface area (Å²) < 4.78 is 19.1. The highest BCUT2D eigenvalue weighted by Crippen LogP contribution is 2.40. The summed E-state index contributed by atoms with van der Waals surface area (Å²) in [5, 5.41) is 0.0997. The van der Waals surface area contributed by atoms with Gasteiger partial charge in [-0.1, -0.05) is 17.7 Å². The van der Waals surface area contributed by atoms with Crippen LogP contribution in [0.25, 0.3) is 0 Å². The summed E-state index contributed by atoms with van der Waals surface area (Å²) in [4.78, 5) is 29.0. The lowest BCUT2D eigenvalue weighted by Gasteiger charge is -2.39. The third-order valence-corrected chi connectivity index (χ3v) is 5.52. The molecule has 1 aromatic rings. The fourth-order valence-corrected chi connectivity index (χ4v) is 4.10. The van der Waals surface area contributed by atoms with E-state index in [0.29, 0.717) is 32.7 Å². The summed E-state index contributed by atoms with van der Waals surface area (Å²) in [5.41, 5.74) is -0.667. The first-order chi connectivity index (χ1) is 12.0. The monoisotopic (exact) mass is 368 g/mol. The van der Waals surface area contributed by atoms with Crippen LogP contribution in [0.5, 0.6) is 0 Å². The number of benzene rings is 1. The standard InChI is InChI=1S/C18H22ClFN2O3/c1-25-11-10-21-8-3-6-18(17(21)24)7-9-22(12-18)16(23)15-13(19)4-2-5-14(15)20/h2,4-5H,3,6-12H2,1H3/t18-/m1/s1. The van der Waals surface area contributed by atoms with Crippen LogP contribution >= 0.6 is 11.6 Å². The zero-order valence-electron chi connectivity index (χ0n) is 14.3. The van der Waals surface area contributed by atoms with Gasteiger partial charge in [0, 0.05) is 33.3 Å². The van der Waals surface area contributed by atoms with Gasteiger partial charge in [0.15, 0.2) is 0 Å². The lowest BCUT2D eigenvalue weighted by molar-refractivity contribution is -0.146. The summed E-state index contributed by atoms with van der Waals surface area (Å²) in [6.07, 6.45) is 2.26. The number of hydrogen-bond acceptors (Lipinski definition) is 3. The third-order valence-electron chi connectivity index (χ3n) is 5.21. The first-order valence-corrected chi connectivity index (χ1v) is 8.88. The van der Waals surface area contributed by atoms with Gasteiger partial charge in [0.05, 0.1) is 22.6 Å². The van der Waals surface area contributed by atoms with Crippen molar-refractivity contribution in [3.05, 3.63) is 34.6 Å². The van der Waals surface area contributed by atoms with Gasteiger partial charge in [0.2, 0.25) is 5.91 Å². The van der Waals surface area contributed by atoms with Crippen molar-refractivity contribution in [2.24, 2.45) is 5.41 Å². The number of amides is 2. The van der Waals surface area contributed by atoms with Crippen LogP contribution in [0.4, 0.5) is 4.39 Å². The molecule has 2 heterocycles. The maximum Gasteiger partial charge on any atom is 0.258 e. The van der Waals surface area contributed by atoms with Gasteiger partial charge >= 0.3 is 0 Å².